The number of unbranched alkanes of at least 4 members (excludes halogenated alkanes) is 2. The summed E-state index contributed by atoms with van der Waals surface area (Å²) in [6.07, 6.45) is 10.8. The molecule has 0 radical (unpaired) electrons. The first-order valence-corrected chi connectivity index (χ1v) is 11.2. The maximum absolute atomic E-state index is 14.3. The zero-order valence-corrected chi connectivity index (χ0v) is 18.0. The molecule has 0 bridgehead atoms. The van der Waals surface area contributed by atoms with Crippen molar-refractivity contribution in [1.29, 1.82) is 0 Å². The molecule has 2 nitrogen and oxygen atoms in total. The van der Waals surface area contributed by atoms with Gasteiger partial charge in [-0.05, 0) is 66.3 Å². The fraction of sp³-hybridized carbons (Fsp3) is 0.538. The Balaban J connectivity index is 1.56. The third-order valence-corrected chi connectivity index (χ3v) is 6.26. The van der Waals surface area contributed by atoms with E-state index in [0.29, 0.717) is 19.1 Å². The zero-order valence-electron chi connectivity index (χ0n) is 18.0. The van der Waals surface area contributed by atoms with Crippen molar-refractivity contribution in [3.05, 3.63) is 53.8 Å². The van der Waals surface area contributed by atoms with Gasteiger partial charge in [-0.3, -0.25) is 0 Å². The van der Waals surface area contributed by atoms with E-state index in [1.807, 2.05) is 6.07 Å². The Bertz CT molecular complexity index is 733. The summed E-state index contributed by atoms with van der Waals surface area (Å²) in [5.41, 5.74) is 3.36. The van der Waals surface area contributed by atoms with Crippen molar-refractivity contribution in [3.63, 3.8) is 0 Å². The lowest BCUT2D eigenvalue weighted by atomic mass is 9.77. The third-order valence-electron chi connectivity index (χ3n) is 6.26. The van der Waals surface area contributed by atoms with E-state index in [4.69, 9.17) is 9.47 Å². The number of rotatable bonds is 10. The maximum atomic E-state index is 14.3. The summed E-state index contributed by atoms with van der Waals surface area (Å²) < 4.78 is 24.7. The highest BCUT2D eigenvalue weighted by Crippen LogP contribution is 2.38. The minimum atomic E-state index is -0.330. The summed E-state index contributed by atoms with van der Waals surface area (Å²) in [6, 6.07) is 13.9. The molecule has 158 valence electrons. The number of hydrogen-bond donors (Lipinski definition) is 0. The molecular formula is C26H35FO2. The lowest BCUT2D eigenvalue weighted by molar-refractivity contribution is 0.144. The van der Waals surface area contributed by atoms with Crippen molar-refractivity contribution in [2.24, 2.45) is 5.92 Å². The molecule has 0 unspecified atom stereocenters. The number of halogens is 1. The molecule has 2 aromatic carbocycles. The summed E-state index contributed by atoms with van der Waals surface area (Å²) >= 11 is 0. The molecule has 0 atom stereocenters. The van der Waals surface area contributed by atoms with Gasteiger partial charge < -0.3 is 9.47 Å². The summed E-state index contributed by atoms with van der Waals surface area (Å²) in [4.78, 5) is 0. The van der Waals surface area contributed by atoms with Gasteiger partial charge in [0.2, 0.25) is 0 Å². The molecule has 29 heavy (non-hydrogen) atoms. The van der Waals surface area contributed by atoms with Crippen molar-refractivity contribution >= 4 is 0 Å². The topological polar surface area (TPSA) is 18.5 Å². The first-order chi connectivity index (χ1) is 14.2. The van der Waals surface area contributed by atoms with Gasteiger partial charge in [0.15, 0.2) is 11.6 Å². The smallest absolute Gasteiger partial charge is 0.165 e. The van der Waals surface area contributed by atoms with Crippen LogP contribution in [0.1, 0.15) is 69.8 Å². The van der Waals surface area contributed by atoms with Gasteiger partial charge in [0.05, 0.1) is 6.61 Å². The molecule has 0 aromatic heterocycles. The fourth-order valence-corrected chi connectivity index (χ4v) is 4.45. The average Bonchev–Trinajstić information content (AvgIpc) is 2.76. The van der Waals surface area contributed by atoms with Gasteiger partial charge in [-0.25, -0.2) is 4.39 Å². The first-order valence-electron chi connectivity index (χ1n) is 11.2. The third kappa shape index (κ3) is 6.30. The van der Waals surface area contributed by atoms with Gasteiger partial charge in [0.1, 0.15) is 6.61 Å². The van der Waals surface area contributed by atoms with Crippen LogP contribution in [-0.2, 0) is 4.74 Å². The molecular weight excluding hydrogens is 363 g/mol. The Kier molecular flexibility index (Phi) is 8.54. The first kappa shape index (κ1) is 21.8. The van der Waals surface area contributed by atoms with E-state index < -0.39 is 0 Å². The molecule has 0 heterocycles. The van der Waals surface area contributed by atoms with Gasteiger partial charge >= 0.3 is 0 Å². The van der Waals surface area contributed by atoms with Gasteiger partial charge in [-0.15, -0.1) is 0 Å². The predicted molar refractivity (Wildman–Crippen MR) is 118 cm³/mol. The van der Waals surface area contributed by atoms with Gasteiger partial charge in [0.25, 0.3) is 0 Å². The summed E-state index contributed by atoms with van der Waals surface area (Å²) in [7, 11) is 1.60. The van der Waals surface area contributed by atoms with Gasteiger partial charge in [-0.2, -0.15) is 0 Å². The van der Waals surface area contributed by atoms with E-state index in [-0.39, 0.29) is 11.6 Å². The van der Waals surface area contributed by atoms with E-state index >= 15 is 0 Å². The number of benzene rings is 2. The van der Waals surface area contributed by atoms with Crippen LogP contribution in [0.4, 0.5) is 4.39 Å². The SMILES string of the molecule is CCCCCC1CCC(c2ccc(-c3ccc(OCCOC)c(F)c3)cc2)CC1. The van der Waals surface area contributed by atoms with Crippen LogP contribution in [0.3, 0.4) is 0 Å². The number of ether oxygens (including phenoxy) is 2. The molecule has 1 aliphatic rings. The van der Waals surface area contributed by atoms with Crippen molar-refractivity contribution in [2.45, 2.75) is 64.2 Å². The normalized spacial score (nSPS) is 19.3. The summed E-state index contributed by atoms with van der Waals surface area (Å²) in [5.74, 6) is 1.56. The Morgan fingerprint density at radius 1 is 0.897 bits per heavy atom. The lowest BCUT2D eigenvalue weighted by Crippen LogP contribution is -2.13. The number of methoxy groups -OCH3 is 1. The van der Waals surface area contributed by atoms with Crippen LogP contribution >= 0.6 is 0 Å². The van der Waals surface area contributed by atoms with Crippen LogP contribution in [0.2, 0.25) is 0 Å². The largest absolute Gasteiger partial charge is 0.488 e. The van der Waals surface area contributed by atoms with Crippen molar-refractivity contribution < 1.29 is 13.9 Å². The van der Waals surface area contributed by atoms with E-state index in [2.05, 4.69) is 31.2 Å². The molecule has 1 fully saturated rings. The quantitative estimate of drug-likeness (QED) is 0.389. The van der Waals surface area contributed by atoms with Crippen LogP contribution in [-0.4, -0.2) is 20.3 Å². The highest BCUT2D eigenvalue weighted by atomic mass is 19.1. The van der Waals surface area contributed by atoms with E-state index in [9.17, 15) is 4.39 Å². The monoisotopic (exact) mass is 398 g/mol. The fourth-order valence-electron chi connectivity index (χ4n) is 4.45. The Morgan fingerprint density at radius 3 is 2.28 bits per heavy atom. The lowest BCUT2D eigenvalue weighted by Gasteiger charge is -2.29. The van der Waals surface area contributed by atoms with E-state index in [1.165, 1.54) is 56.9 Å². The Hall–Kier alpha value is -1.87. The van der Waals surface area contributed by atoms with Crippen molar-refractivity contribution in [2.75, 3.05) is 20.3 Å². The highest BCUT2D eigenvalue weighted by molar-refractivity contribution is 5.64. The summed E-state index contributed by atoms with van der Waals surface area (Å²) in [5, 5.41) is 0. The standard InChI is InChI=1S/C26H35FO2/c1-3-4-5-6-20-7-9-21(10-8-20)22-11-13-23(14-12-22)24-15-16-26(25(27)19-24)29-18-17-28-2/h11-16,19-21H,3-10,17-18H2,1-2H3. The molecule has 3 heteroatoms. The van der Waals surface area contributed by atoms with Gasteiger partial charge in [-0.1, -0.05) is 62.9 Å². The molecule has 0 saturated heterocycles. The van der Waals surface area contributed by atoms with Crippen LogP contribution in [0.15, 0.2) is 42.5 Å². The molecule has 1 aliphatic carbocycles. The second kappa shape index (κ2) is 11.3. The van der Waals surface area contributed by atoms with Crippen molar-refractivity contribution in [1.82, 2.24) is 0 Å². The van der Waals surface area contributed by atoms with Crippen LogP contribution in [0.25, 0.3) is 11.1 Å². The molecule has 0 aliphatic heterocycles. The summed E-state index contributed by atoms with van der Waals surface area (Å²) in [6.45, 7) is 3.08. The molecule has 1 saturated carbocycles. The van der Waals surface area contributed by atoms with Crippen LogP contribution in [0.5, 0.6) is 5.75 Å². The van der Waals surface area contributed by atoms with Crippen LogP contribution < -0.4 is 4.74 Å². The van der Waals surface area contributed by atoms with Gasteiger partial charge in [0, 0.05) is 7.11 Å². The second-order valence-electron chi connectivity index (χ2n) is 8.32. The zero-order chi connectivity index (χ0) is 20.5. The maximum Gasteiger partial charge on any atom is 0.165 e. The number of hydrogen-bond acceptors (Lipinski definition) is 2. The minimum absolute atomic E-state index is 0.276. The highest BCUT2D eigenvalue weighted by Gasteiger charge is 2.22. The molecule has 2 aromatic rings. The van der Waals surface area contributed by atoms with Crippen molar-refractivity contribution in [3.8, 4) is 16.9 Å². The van der Waals surface area contributed by atoms with Crippen LogP contribution in [0, 0.1) is 11.7 Å². The molecule has 0 N–H and O–H groups in total. The molecule has 3 rings (SSSR count). The Labute approximate surface area is 175 Å². The minimum Gasteiger partial charge on any atom is -0.488 e. The molecule has 0 spiro atoms. The Morgan fingerprint density at radius 2 is 1.62 bits per heavy atom. The van der Waals surface area contributed by atoms with E-state index in [1.54, 1.807) is 19.2 Å². The average molecular weight is 399 g/mol. The second-order valence-corrected chi connectivity index (χ2v) is 8.32. The predicted octanol–water partition coefficient (Wildman–Crippen LogP) is 7.37. The molecule has 0 amide bonds. The van der Waals surface area contributed by atoms with E-state index in [0.717, 1.165) is 17.0 Å².